The van der Waals surface area contributed by atoms with Gasteiger partial charge in [-0.2, -0.15) is 0 Å². The van der Waals surface area contributed by atoms with Crippen LogP contribution in [0.15, 0.2) is 6.07 Å². The van der Waals surface area contributed by atoms with Crippen LogP contribution in [-0.4, -0.2) is 10.9 Å². The minimum absolute atomic E-state index is 0.0585. The van der Waals surface area contributed by atoms with Crippen LogP contribution in [0.2, 0.25) is 0 Å². The van der Waals surface area contributed by atoms with Crippen LogP contribution in [0.4, 0.5) is 5.69 Å². The fourth-order valence-corrected chi connectivity index (χ4v) is 1.39. The lowest BCUT2D eigenvalue weighted by Crippen LogP contribution is -2.09. The van der Waals surface area contributed by atoms with E-state index in [-0.39, 0.29) is 5.91 Å². The molecule has 0 bridgehead atoms. The molecule has 3 nitrogen and oxygen atoms in total. The van der Waals surface area contributed by atoms with Crippen molar-refractivity contribution < 1.29 is 4.79 Å². The first-order valence-electron chi connectivity index (χ1n) is 6.23. The SMILES string of the molecule is CC.CC.CC(=O)Nc1c(C)cc(C)nc1C. The number of rotatable bonds is 1. The zero-order valence-corrected chi connectivity index (χ0v) is 12.4. The van der Waals surface area contributed by atoms with Gasteiger partial charge in [-0.3, -0.25) is 9.78 Å². The molecule has 0 aliphatic carbocycles. The van der Waals surface area contributed by atoms with Gasteiger partial charge in [-0.15, -0.1) is 0 Å². The Hall–Kier alpha value is -1.38. The average molecular weight is 238 g/mol. The Morgan fingerprint density at radius 3 is 1.94 bits per heavy atom. The van der Waals surface area contributed by atoms with E-state index in [1.807, 2.05) is 54.5 Å². The molecule has 1 heterocycles. The van der Waals surface area contributed by atoms with Crippen molar-refractivity contribution in [2.45, 2.75) is 55.4 Å². The number of anilines is 1. The molecule has 0 radical (unpaired) electrons. The molecule has 0 atom stereocenters. The summed E-state index contributed by atoms with van der Waals surface area (Å²) in [4.78, 5) is 15.1. The molecule has 98 valence electrons. The zero-order valence-electron chi connectivity index (χ0n) is 12.4. The quantitative estimate of drug-likeness (QED) is 0.803. The first-order chi connectivity index (χ1) is 8.00. The highest BCUT2D eigenvalue weighted by atomic mass is 16.1. The number of aryl methyl sites for hydroxylation is 3. The van der Waals surface area contributed by atoms with Crippen LogP contribution in [0.1, 0.15) is 51.6 Å². The van der Waals surface area contributed by atoms with Gasteiger partial charge in [-0.1, -0.05) is 27.7 Å². The lowest BCUT2D eigenvalue weighted by molar-refractivity contribution is -0.114. The van der Waals surface area contributed by atoms with Crippen LogP contribution in [0.25, 0.3) is 0 Å². The Bertz CT molecular complexity index is 323. The predicted molar refractivity (Wildman–Crippen MR) is 75.4 cm³/mol. The number of nitrogens with zero attached hydrogens (tertiary/aromatic N) is 1. The Morgan fingerprint density at radius 1 is 1.12 bits per heavy atom. The number of pyridine rings is 1. The van der Waals surface area contributed by atoms with Crippen molar-refractivity contribution in [1.82, 2.24) is 4.98 Å². The minimum atomic E-state index is -0.0585. The van der Waals surface area contributed by atoms with Gasteiger partial charge in [0.1, 0.15) is 0 Å². The van der Waals surface area contributed by atoms with Crippen molar-refractivity contribution >= 4 is 11.6 Å². The topological polar surface area (TPSA) is 42.0 Å². The van der Waals surface area contributed by atoms with E-state index in [0.717, 1.165) is 22.6 Å². The number of nitrogens with one attached hydrogen (secondary N) is 1. The summed E-state index contributed by atoms with van der Waals surface area (Å²) in [5.41, 5.74) is 3.73. The van der Waals surface area contributed by atoms with Gasteiger partial charge < -0.3 is 5.32 Å². The van der Waals surface area contributed by atoms with Crippen molar-refractivity contribution in [3.05, 3.63) is 23.0 Å². The average Bonchev–Trinajstić information content (AvgIpc) is 2.29. The molecular weight excluding hydrogens is 212 g/mol. The third-order valence-electron chi connectivity index (χ3n) is 1.83. The maximum atomic E-state index is 10.9. The summed E-state index contributed by atoms with van der Waals surface area (Å²) in [7, 11) is 0. The maximum Gasteiger partial charge on any atom is 0.221 e. The Balaban J connectivity index is 0. The van der Waals surface area contributed by atoms with E-state index >= 15 is 0 Å². The number of carbonyl (C=O) groups is 1. The van der Waals surface area contributed by atoms with Crippen LogP contribution in [0, 0.1) is 20.8 Å². The third-order valence-corrected chi connectivity index (χ3v) is 1.83. The molecule has 3 heteroatoms. The Kier molecular flexibility index (Phi) is 10.4. The van der Waals surface area contributed by atoms with E-state index in [1.165, 1.54) is 6.92 Å². The minimum Gasteiger partial charge on any atom is -0.325 e. The van der Waals surface area contributed by atoms with Crippen LogP contribution in [0.5, 0.6) is 0 Å². The Morgan fingerprint density at radius 2 is 1.59 bits per heavy atom. The largest absolute Gasteiger partial charge is 0.325 e. The van der Waals surface area contributed by atoms with E-state index in [0.29, 0.717) is 0 Å². The van der Waals surface area contributed by atoms with E-state index in [2.05, 4.69) is 10.3 Å². The van der Waals surface area contributed by atoms with Crippen molar-refractivity contribution in [1.29, 1.82) is 0 Å². The highest BCUT2D eigenvalue weighted by molar-refractivity contribution is 5.90. The van der Waals surface area contributed by atoms with E-state index < -0.39 is 0 Å². The van der Waals surface area contributed by atoms with Crippen molar-refractivity contribution in [2.75, 3.05) is 5.32 Å². The monoisotopic (exact) mass is 238 g/mol. The normalized spacial score (nSPS) is 8.24. The number of aromatic nitrogens is 1. The van der Waals surface area contributed by atoms with E-state index in [4.69, 9.17) is 0 Å². The van der Waals surface area contributed by atoms with E-state index in [1.54, 1.807) is 0 Å². The second kappa shape index (κ2) is 9.82. The third kappa shape index (κ3) is 6.72. The second-order valence-electron chi connectivity index (χ2n) is 3.22. The summed E-state index contributed by atoms with van der Waals surface area (Å²) < 4.78 is 0. The van der Waals surface area contributed by atoms with Gasteiger partial charge in [-0.25, -0.2) is 0 Å². The molecule has 0 aliphatic rings. The number of hydrogen-bond donors (Lipinski definition) is 1. The molecular formula is C14H26N2O. The summed E-state index contributed by atoms with van der Waals surface area (Å²) >= 11 is 0. The summed E-state index contributed by atoms with van der Waals surface area (Å²) in [5, 5.41) is 2.77. The predicted octanol–water partition coefficient (Wildman–Crippen LogP) is 4.02. The molecule has 0 spiro atoms. The fourth-order valence-electron chi connectivity index (χ4n) is 1.39. The molecule has 1 rings (SSSR count). The highest BCUT2D eigenvalue weighted by Crippen LogP contribution is 2.18. The number of amides is 1. The highest BCUT2D eigenvalue weighted by Gasteiger charge is 2.05. The van der Waals surface area contributed by atoms with Gasteiger partial charge in [0.25, 0.3) is 0 Å². The van der Waals surface area contributed by atoms with Crippen LogP contribution in [-0.2, 0) is 4.79 Å². The molecule has 1 aromatic heterocycles. The zero-order chi connectivity index (χ0) is 14.0. The van der Waals surface area contributed by atoms with Gasteiger partial charge >= 0.3 is 0 Å². The molecule has 0 aromatic carbocycles. The Labute approximate surface area is 106 Å². The van der Waals surface area contributed by atoms with Crippen LogP contribution < -0.4 is 5.32 Å². The van der Waals surface area contributed by atoms with Crippen molar-refractivity contribution in [2.24, 2.45) is 0 Å². The van der Waals surface area contributed by atoms with Crippen molar-refractivity contribution in [3.8, 4) is 0 Å². The van der Waals surface area contributed by atoms with Crippen LogP contribution >= 0.6 is 0 Å². The molecule has 0 saturated carbocycles. The fraction of sp³-hybridized carbons (Fsp3) is 0.571. The van der Waals surface area contributed by atoms with Gasteiger partial charge in [0.2, 0.25) is 5.91 Å². The standard InChI is InChI=1S/C10H14N2O.2C2H6/c1-6-5-7(2)11-8(3)10(6)12-9(4)13;2*1-2/h5H,1-4H3,(H,12,13);2*1-2H3. The second-order valence-corrected chi connectivity index (χ2v) is 3.22. The molecule has 0 fully saturated rings. The van der Waals surface area contributed by atoms with Gasteiger partial charge in [0, 0.05) is 12.6 Å². The first-order valence-corrected chi connectivity index (χ1v) is 6.23. The first kappa shape index (κ1) is 18.0. The van der Waals surface area contributed by atoms with Gasteiger partial charge in [0.05, 0.1) is 11.4 Å². The van der Waals surface area contributed by atoms with E-state index in [9.17, 15) is 4.79 Å². The summed E-state index contributed by atoms with van der Waals surface area (Å²) in [6.07, 6.45) is 0. The molecule has 17 heavy (non-hydrogen) atoms. The molecule has 0 unspecified atom stereocenters. The van der Waals surface area contributed by atoms with Gasteiger partial charge in [-0.05, 0) is 32.4 Å². The van der Waals surface area contributed by atoms with Gasteiger partial charge in [0.15, 0.2) is 0 Å². The lowest BCUT2D eigenvalue weighted by atomic mass is 10.1. The van der Waals surface area contributed by atoms with Crippen molar-refractivity contribution in [3.63, 3.8) is 0 Å². The number of carbonyl (C=O) groups excluding carboxylic acids is 1. The maximum absolute atomic E-state index is 10.9. The summed E-state index contributed by atoms with van der Waals surface area (Å²) in [6, 6.07) is 1.96. The molecule has 0 aliphatic heterocycles. The molecule has 1 aromatic rings. The smallest absolute Gasteiger partial charge is 0.221 e. The van der Waals surface area contributed by atoms with Crippen LogP contribution in [0.3, 0.4) is 0 Å². The summed E-state index contributed by atoms with van der Waals surface area (Å²) in [6.45, 7) is 15.3. The molecule has 1 amide bonds. The lowest BCUT2D eigenvalue weighted by Gasteiger charge is -2.09. The number of hydrogen-bond acceptors (Lipinski definition) is 2. The molecule has 0 saturated heterocycles. The molecule has 1 N–H and O–H groups in total. The summed E-state index contributed by atoms with van der Waals surface area (Å²) in [5.74, 6) is -0.0585.